The molecule has 1 N–H and O–H groups in total. The van der Waals surface area contributed by atoms with Crippen LogP contribution in [0.15, 0.2) is 30.3 Å². The van der Waals surface area contributed by atoms with Gasteiger partial charge in [0.25, 0.3) is 0 Å². The van der Waals surface area contributed by atoms with Crippen LogP contribution in [0.25, 0.3) is 0 Å². The third-order valence-corrected chi connectivity index (χ3v) is 3.36. The number of carbonyl (C=O) groups is 2. The fourth-order valence-electron chi connectivity index (χ4n) is 2.35. The number of unbranched alkanes of at least 4 members (excludes halogenated alkanes) is 1. The molecule has 0 saturated carbocycles. The SMILES string of the molecule is CC(=O)NC(C)(CCCCc1ccccc1)COC(C)=O. The average Bonchev–Trinajstić information content (AvgIpc) is 2.42. The van der Waals surface area contributed by atoms with Crippen LogP contribution in [0.5, 0.6) is 0 Å². The second-order valence-electron chi connectivity index (χ2n) is 5.71. The van der Waals surface area contributed by atoms with Gasteiger partial charge in [-0.2, -0.15) is 0 Å². The van der Waals surface area contributed by atoms with Crippen molar-refractivity contribution in [2.45, 2.75) is 52.0 Å². The van der Waals surface area contributed by atoms with E-state index in [-0.39, 0.29) is 18.5 Å². The second kappa shape index (κ2) is 8.45. The maximum atomic E-state index is 11.3. The summed E-state index contributed by atoms with van der Waals surface area (Å²) in [6.07, 6.45) is 3.81. The zero-order valence-corrected chi connectivity index (χ0v) is 13.1. The summed E-state index contributed by atoms with van der Waals surface area (Å²) >= 11 is 0. The Morgan fingerprint density at radius 2 is 1.81 bits per heavy atom. The monoisotopic (exact) mass is 291 g/mol. The van der Waals surface area contributed by atoms with E-state index in [0.29, 0.717) is 0 Å². The maximum Gasteiger partial charge on any atom is 0.302 e. The predicted molar refractivity (Wildman–Crippen MR) is 82.9 cm³/mol. The number of hydrogen-bond donors (Lipinski definition) is 1. The highest BCUT2D eigenvalue weighted by molar-refractivity contribution is 5.74. The van der Waals surface area contributed by atoms with Crippen LogP contribution in [-0.2, 0) is 20.7 Å². The summed E-state index contributed by atoms with van der Waals surface area (Å²) in [6.45, 7) is 4.99. The van der Waals surface area contributed by atoms with Gasteiger partial charge in [-0.05, 0) is 31.7 Å². The van der Waals surface area contributed by atoms with E-state index in [1.807, 2.05) is 25.1 Å². The van der Waals surface area contributed by atoms with E-state index in [1.54, 1.807) is 0 Å². The molecule has 1 atom stereocenters. The quantitative estimate of drug-likeness (QED) is 0.592. The van der Waals surface area contributed by atoms with Gasteiger partial charge >= 0.3 is 5.97 Å². The summed E-state index contributed by atoms with van der Waals surface area (Å²) in [5, 5.41) is 2.89. The first-order chi connectivity index (χ1) is 9.91. The number of hydrogen-bond acceptors (Lipinski definition) is 3. The van der Waals surface area contributed by atoms with Crippen molar-refractivity contribution in [3.63, 3.8) is 0 Å². The lowest BCUT2D eigenvalue weighted by Gasteiger charge is -2.29. The van der Waals surface area contributed by atoms with Gasteiger partial charge in [0.05, 0.1) is 5.54 Å². The number of aryl methyl sites for hydroxylation is 1. The molecular weight excluding hydrogens is 266 g/mol. The molecule has 0 aliphatic carbocycles. The number of ether oxygens (including phenoxy) is 1. The van der Waals surface area contributed by atoms with Crippen LogP contribution >= 0.6 is 0 Å². The van der Waals surface area contributed by atoms with Gasteiger partial charge in [0.2, 0.25) is 5.91 Å². The van der Waals surface area contributed by atoms with E-state index in [9.17, 15) is 9.59 Å². The van der Waals surface area contributed by atoms with Crippen LogP contribution < -0.4 is 5.32 Å². The van der Waals surface area contributed by atoms with Crippen LogP contribution in [0.3, 0.4) is 0 Å². The molecule has 0 aliphatic rings. The summed E-state index contributed by atoms with van der Waals surface area (Å²) in [6, 6.07) is 10.3. The van der Waals surface area contributed by atoms with E-state index in [2.05, 4.69) is 17.4 Å². The Labute approximate surface area is 126 Å². The van der Waals surface area contributed by atoms with E-state index >= 15 is 0 Å². The molecule has 1 aromatic rings. The average molecular weight is 291 g/mol. The Bertz CT molecular complexity index is 458. The fraction of sp³-hybridized carbons (Fsp3) is 0.529. The zero-order chi connectivity index (χ0) is 15.7. The van der Waals surface area contributed by atoms with Gasteiger partial charge in [0.1, 0.15) is 6.61 Å². The number of nitrogens with one attached hydrogen (secondary N) is 1. The van der Waals surface area contributed by atoms with Crippen molar-refractivity contribution in [1.82, 2.24) is 5.32 Å². The van der Waals surface area contributed by atoms with Crippen molar-refractivity contribution in [1.29, 1.82) is 0 Å². The standard InChI is InChI=1S/C17H25NO3/c1-14(19)18-17(3,13-21-15(2)20)12-8-7-11-16-9-5-4-6-10-16/h4-6,9-10H,7-8,11-13H2,1-3H3,(H,18,19). The molecule has 1 unspecified atom stereocenters. The minimum atomic E-state index is -0.492. The van der Waals surface area contributed by atoms with Crippen LogP contribution in [0, 0.1) is 0 Å². The molecule has 116 valence electrons. The number of carbonyl (C=O) groups excluding carboxylic acids is 2. The van der Waals surface area contributed by atoms with E-state index in [0.717, 1.165) is 25.7 Å². The van der Waals surface area contributed by atoms with Gasteiger partial charge in [0.15, 0.2) is 0 Å². The Morgan fingerprint density at radius 1 is 1.14 bits per heavy atom. The van der Waals surface area contributed by atoms with Crippen molar-refractivity contribution in [3.05, 3.63) is 35.9 Å². The molecule has 0 saturated heterocycles. The molecule has 21 heavy (non-hydrogen) atoms. The molecule has 1 amide bonds. The largest absolute Gasteiger partial charge is 0.463 e. The van der Waals surface area contributed by atoms with Gasteiger partial charge in [-0.25, -0.2) is 0 Å². The molecule has 0 radical (unpaired) electrons. The molecule has 0 aliphatic heterocycles. The van der Waals surface area contributed by atoms with Crippen LogP contribution in [0.2, 0.25) is 0 Å². The summed E-state index contributed by atoms with van der Waals surface area (Å²) in [4.78, 5) is 22.3. The lowest BCUT2D eigenvalue weighted by Crippen LogP contribution is -2.49. The molecule has 0 bridgehead atoms. The van der Waals surface area contributed by atoms with Crippen LogP contribution in [0.1, 0.15) is 45.6 Å². The molecule has 0 fully saturated rings. The predicted octanol–water partition coefficient (Wildman–Crippen LogP) is 2.86. The number of esters is 1. The summed E-state index contributed by atoms with van der Waals surface area (Å²) < 4.78 is 5.07. The third kappa shape index (κ3) is 7.49. The van der Waals surface area contributed by atoms with Crippen molar-refractivity contribution in [3.8, 4) is 0 Å². The molecular formula is C17H25NO3. The smallest absolute Gasteiger partial charge is 0.302 e. The molecule has 4 nitrogen and oxygen atoms in total. The summed E-state index contributed by atoms with van der Waals surface area (Å²) in [5.41, 5.74) is 0.826. The highest BCUT2D eigenvalue weighted by Gasteiger charge is 2.26. The highest BCUT2D eigenvalue weighted by Crippen LogP contribution is 2.16. The van der Waals surface area contributed by atoms with Crippen LogP contribution in [-0.4, -0.2) is 24.0 Å². The second-order valence-corrected chi connectivity index (χ2v) is 5.71. The van der Waals surface area contributed by atoms with Crippen LogP contribution in [0.4, 0.5) is 0 Å². The van der Waals surface area contributed by atoms with E-state index in [1.165, 1.54) is 19.4 Å². The fourth-order valence-corrected chi connectivity index (χ4v) is 2.35. The Kier molecular flexibility index (Phi) is 6.92. The normalized spacial score (nSPS) is 13.3. The Hall–Kier alpha value is -1.84. The van der Waals surface area contributed by atoms with Gasteiger partial charge in [0, 0.05) is 13.8 Å². The van der Waals surface area contributed by atoms with Crippen molar-refractivity contribution < 1.29 is 14.3 Å². The third-order valence-electron chi connectivity index (χ3n) is 3.36. The van der Waals surface area contributed by atoms with Gasteiger partial charge < -0.3 is 10.1 Å². The molecule has 1 aromatic carbocycles. The molecule has 0 heterocycles. The summed E-state index contributed by atoms with van der Waals surface area (Å²) in [5.74, 6) is -0.427. The molecule has 4 heteroatoms. The first-order valence-corrected chi connectivity index (χ1v) is 7.37. The van der Waals surface area contributed by atoms with Crippen molar-refractivity contribution in [2.24, 2.45) is 0 Å². The minimum Gasteiger partial charge on any atom is -0.463 e. The summed E-state index contributed by atoms with van der Waals surface area (Å²) in [7, 11) is 0. The van der Waals surface area contributed by atoms with E-state index < -0.39 is 5.54 Å². The number of benzene rings is 1. The number of amides is 1. The molecule has 1 rings (SSSR count). The van der Waals surface area contributed by atoms with Gasteiger partial charge in [-0.15, -0.1) is 0 Å². The zero-order valence-electron chi connectivity index (χ0n) is 13.1. The Morgan fingerprint density at radius 3 is 2.38 bits per heavy atom. The molecule has 0 aromatic heterocycles. The lowest BCUT2D eigenvalue weighted by molar-refractivity contribution is -0.144. The van der Waals surface area contributed by atoms with Gasteiger partial charge in [-0.1, -0.05) is 36.8 Å². The minimum absolute atomic E-state index is 0.104. The highest BCUT2D eigenvalue weighted by atomic mass is 16.5. The molecule has 0 spiro atoms. The van der Waals surface area contributed by atoms with Gasteiger partial charge in [-0.3, -0.25) is 9.59 Å². The van der Waals surface area contributed by atoms with E-state index in [4.69, 9.17) is 4.74 Å². The maximum absolute atomic E-state index is 11.3. The van der Waals surface area contributed by atoms with Crippen molar-refractivity contribution >= 4 is 11.9 Å². The number of rotatable bonds is 8. The van der Waals surface area contributed by atoms with Crippen molar-refractivity contribution in [2.75, 3.05) is 6.61 Å². The topological polar surface area (TPSA) is 55.4 Å². The first kappa shape index (κ1) is 17.2. The first-order valence-electron chi connectivity index (χ1n) is 7.37. The lowest BCUT2D eigenvalue weighted by atomic mass is 9.94. The Balaban J connectivity index is 2.41.